The Morgan fingerprint density at radius 2 is 0.840 bits per heavy atom. The molecule has 5 heteroatoms. The molecular weight excluding hydrogens is 611 g/mol. The van der Waals surface area contributed by atoms with Crippen LogP contribution in [0.25, 0.3) is 60.4 Å². The molecule has 1 N–H and O–H groups in total. The highest BCUT2D eigenvalue weighted by Crippen LogP contribution is 2.37. The molecule has 7 aromatic carbocycles. The summed E-state index contributed by atoms with van der Waals surface area (Å²) in [4.78, 5) is 10.4. The number of para-hydroxylation sites is 3. The van der Waals surface area contributed by atoms with Gasteiger partial charge < -0.3 is 9.88 Å². The van der Waals surface area contributed by atoms with Crippen LogP contribution in [0.3, 0.4) is 0 Å². The summed E-state index contributed by atoms with van der Waals surface area (Å²) in [6.45, 7) is 0. The zero-order valence-electron chi connectivity index (χ0n) is 27.1. The highest BCUT2D eigenvalue weighted by atomic mass is 15.3. The van der Waals surface area contributed by atoms with E-state index in [0.29, 0.717) is 0 Å². The number of rotatable bonds is 5. The molecule has 0 aliphatic carbocycles. The lowest BCUT2D eigenvalue weighted by molar-refractivity contribution is 0.575. The van der Waals surface area contributed by atoms with Gasteiger partial charge in [0.25, 0.3) is 0 Å². The molecule has 0 spiro atoms. The summed E-state index contributed by atoms with van der Waals surface area (Å²) >= 11 is 0. The largest absolute Gasteiger partial charge is 0.324 e. The van der Waals surface area contributed by atoms with E-state index in [1.807, 2.05) is 36.4 Å². The zero-order valence-corrected chi connectivity index (χ0v) is 27.1. The highest BCUT2D eigenvalue weighted by molar-refractivity contribution is 6.16. The van der Waals surface area contributed by atoms with Crippen LogP contribution in [0.1, 0.15) is 17.4 Å². The fourth-order valence-electron chi connectivity index (χ4n) is 7.47. The van der Waals surface area contributed by atoms with Gasteiger partial charge in [0, 0.05) is 38.4 Å². The topological polar surface area (TPSA) is 46.6 Å². The average Bonchev–Trinajstić information content (AvgIpc) is 3.71. The molecular formula is C45H31N5. The van der Waals surface area contributed by atoms with E-state index in [4.69, 9.17) is 9.98 Å². The van der Waals surface area contributed by atoms with Gasteiger partial charge in [0.1, 0.15) is 11.7 Å². The first-order valence-electron chi connectivity index (χ1n) is 17.0. The lowest BCUT2D eigenvalue weighted by atomic mass is 10.0. The van der Waals surface area contributed by atoms with Crippen LogP contribution in [0, 0.1) is 0 Å². The summed E-state index contributed by atoms with van der Waals surface area (Å²) in [7, 11) is 0. The van der Waals surface area contributed by atoms with Gasteiger partial charge in [-0.15, -0.1) is 0 Å². The molecule has 0 unspecified atom stereocenters. The van der Waals surface area contributed by atoms with E-state index in [1.54, 1.807) is 0 Å². The first-order valence-corrected chi connectivity index (χ1v) is 17.0. The van der Waals surface area contributed by atoms with Gasteiger partial charge >= 0.3 is 0 Å². The molecule has 0 radical (unpaired) electrons. The second kappa shape index (κ2) is 11.5. The maximum atomic E-state index is 5.21. The molecule has 0 saturated heterocycles. The molecule has 2 aromatic heterocycles. The van der Waals surface area contributed by atoms with Crippen molar-refractivity contribution < 1.29 is 0 Å². The summed E-state index contributed by atoms with van der Waals surface area (Å²) in [6, 6.07) is 62.1. The highest BCUT2D eigenvalue weighted by Gasteiger charge is 2.24. The van der Waals surface area contributed by atoms with Gasteiger partial charge in [-0.25, -0.2) is 9.98 Å². The Balaban J connectivity index is 1.09. The summed E-state index contributed by atoms with van der Waals surface area (Å²) in [5, 5.41) is 8.41. The minimum Gasteiger partial charge on any atom is -0.324 e. The van der Waals surface area contributed by atoms with E-state index in [2.05, 4.69) is 154 Å². The minimum absolute atomic E-state index is 0.486. The summed E-state index contributed by atoms with van der Waals surface area (Å²) in [6.07, 6.45) is -0.486. The van der Waals surface area contributed by atoms with Crippen LogP contribution in [0.2, 0.25) is 0 Å². The number of nitrogens with zero attached hydrogens (tertiary/aromatic N) is 4. The van der Waals surface area contributed by atoms with Crippen molar-refractivity contribution in [3.05, 3.63) is 187 Å². The van der Waals surface area contributed by atoms with Gasteiger partial charge in [-0.05, 0) is 53.6 Å². The van der Waals surface area contributed by atoms with Crippen LogP contribution in [0.5, 0.6) is 0 Å². The Kier molecular flexibility index (Phi) is 6.49. The monoisotopic (exact) mass is 641 g/mol. The van der Waals surface area contributed by atoms with Gasteiger partial charge in [-0.1, -0.05) is 133 Å². The Hall–Kier alpha value is -6.72. The van der Waals surface area contributed by atoms with E-state index < -0.39 is 6.29 Å². The molecule has 1 aliphatic rings. The first kappa shape index (κ1) is 28.3. The molecule has 3 heterocycles. The predicted molar refractivity (Wildman–Crippen MR) is 207 cm³/mol. The van der Waals surface area contributed by atoms with Crippen LogP contribution in [-0.4, -0.2) is 20.8 Å². The SMILES string of the molecule is c1ccc(C2=NC(n3c4ccccc4c4cc(-c5ccc(-n6c7ccccc7c7ccccc76)cc5)ccc43)N=C(c3ccccc3)N2)cc1. The molecule has 0 fully saturated rings. The standard InChI is InChI=1S/C45H31N5/c1-3-13-31(14-4-1)43-46-44(32-15-5-2-6-16-32)48-45(47-43)50-41-22-12-9-19-37(41)38-29-33(25-28-42(38)50)30-23-26-34(27-24-30)49-39-20-10-7-17-35(39)36-18-8-11-21-40(36)49/h1-29,45H,(H,46,47,48). The van der Waals surface area contributed by atoms with Gasteiger partial charge in [0.05, 0.1) is 22.1 Å². The fourth-order valence-corrected chi connectivity index (χ4v) is 7.47. The predicted octanol–water partition coefficient (Wildman–Crippen LogP) is 10.5. The van der Waals surface area contributed by atoms with E-state index in [-0.39, 0.29) is 0 Å². The quantitative estimate of drug-likeness (QED) is 0.200. The summed E-state index contributed by atoms with van der Waals surface area (Å²) < 4.78 is 4.63. The molecule has 1 aliphatic heterocycles. The third-order valence-electron chi connectivity index (χ3n) is 9.80. The lowest BCUT2D eigenvalue weighted by Crippen LogP contribution is -2.36. The van der Waals surface area contributed by atoms with Crippen LogP contribution in [-0.2, 0) is 0 Å². The van der Waals surface area contributed by atoms with Crippen molar-refractivity contribution in [2.75, 3.05) is 0 Å². The van der Waals surface area contributed by atoms with Crippen molar-refractivity contribution >= 4 is 55.3 Å². The summed E-state index contributed by atoms with van der Waals surface area (Å²) in [5.41, 5.74) is 10.1. The van der Waals surface area contributed by atoms with E-state index in [9.17, 15) is 0 Å². The third-order valence-corrected chi connectivity index (χ3v) is 9.80. The number of fused-ring (bicyclic) bond motifs is 6. The zero-order chi connectivity index (χ0) is 33.0. The van der Waals surface area contributed by atoms with Crippen molar-refractivity contribution in [2.45, 2.75) is 6.29 Å². The molecule has 9 aromatic rings. The Morgan fingerprint density at radius 3 is 1.42 bits per heavy atom. The Labute approximate surface area is 289 Å². The first-order chi connectivity index (χ1) is 24.8. The number of amidine groups is 2. The molecule has 0 atom stereocenters. The van der Waals surface area contributed by atoms with Crippen molar-refractivity contribution in [3.63, 3.8) is 0 Å². The maximum Gasteiger partial charge on any atom is 0.224 e. The van der Waals surface area contributed by atoms with Gasteiger partial charge in [-0.3, -0.25) is 4.57 Å². The number of nitrogens with one attached hydrogen (secondary N) is 1. The molecule has 0 saturated carbocycles. The number of hydrogen-bond donors (Lipinski definition) is 1. The van der Waals surface area contributed by atoms with E-state index >= 15 is 0 Å². The van der Waals surface area contributed by atoms with Crippen LogP contribution < -0.4 is 5.32 Å². The third kappa shape index (κ3) is 4.55. The fraction of sp³-hybridized carbons (Fsp3) is 0.0222. The Morgan fingerprint density at radius 1 is 0.380 bits per heavy atom. The normalized spacial score (nSPS) is 13.5. The number of hydrogen-bond acceptors (Lipinski definition) is 3. The van der Waals surface area contributed by atoms with Crippen LogP contribution in [0.15, 0.2) is 186 Å². The van der Waals surface area contributed by atoms with Gasteiger partial charge in [0.2, 0.25) is 6.29 Å². The molecule has 236 valence electrons. The number of aliphatic imine (C=N–C) groups is 2. The lowest BCUT2D eigenvalue weighted by Gasteiger charge is -2.24. The maximum absolute atomic E-state index is 5.21. The molecule has 50 heavy (non-hydrogen) atoms. The second-order valence-corrected chi connectivity index (χ2v) is 12.7. The van der Waals surface area contributed by atoms with E-state index in [0.717, 1.165) is 39.5 Å². The van der Waals surface area contributed by atoms with Gasteiger partial charge in [0.15, 0.2) is 0 Å². The van der Waals surface area contributed by atoms with E-state index in [1.165, 1.54) is 43.7 Å². The van der Waals surface area contributed by atoms with Crippen molar-refractivity contribution in [1.82, 2.24) is 14.5 Å². The molecule has 10 rings (SSSR count). The van der Waals surface area contributed by atoms with Crippen molar-refractivity contribution in [3.8, 4) is 16.8 Å². The molecule has 0 bridgehead atoms. The average molecular weight is 642 g/mol. The molecule has 5 nitrogen and oxygen atoms in total. The number of aromatic nitrogens is 2. The Bertz CT molecular complexity index is 2660. The second-order valence-electron chi connectivity index (χ2n) is 12.7. The number of benzene rings is 7. The molecule has 0 amide bonds. The van der Waals surface area contributed by atoms with Gasteiger partial charge in [-0.2, -0.15) is 0 Å². The van der Waals surface area contributed by atoms with Crippen molar-refractivity contribution in [1.29, 1.82) is 0 Å². The minimum atomic E-state index is -0.486. The van der Waals surface area contributed by atoms with Crippen LogP contribution >= 0.6 is 0 Å². The van der Waals surface area contributed by atoms with Crippen LogP contribution in [0.4, 0.5) is 0 Å². The summed E-state index contributed by atoms with van der Waals surface area (Å²) in [5.74, 6) is 1.60. The smallest absolute Gasteiger partial charge is 0.224 e. The van der Waals surface area contributed by atoms with Crippen molar-refractivity contribution in [2.24, 2.45) is 9.98 Å².